The molecule has 0 radical (unpaired) electrons. The van der Waals surface area contributed by atoms with Crippen molar-refractivity contribution in [3.8, 4) is 5.75 Å². The lowest BCUT2D eigenvalue weighted by Gasteiger charge is -2.16. The molecule has 0 spiro atoms. The molecule has 2 aromatic rings. The number of hydrogen-bond acceptors (Lipinski definition) is 6. The summed E-state index contributed by atoms with van der Waals surface area (Å²) in [5.74, 6) is 1.96. The molecule has 0 aromatic heterocycles. The molecule has 0 amide bonds. The summed E-state index contributed by atoms with van der Waals surface area (Å²) < 4.78 is 0. The molecule has 0 bridgehead atoms. The first-order chi connectivity index (χ1) is 15.4. The second-order valence-corrected chi connectivity index (χ2v) is 7.70. The maximum Gasteiger partial charge on any atom is 0.129 e. The lowest BCUT2D eigenvalue weighted by molar-refractivity contribution is 0.424. The van der Waals surface area contributed by atoms with Gasteiger partial charge >= 0.3 is 0 Å². The van der Waals surface area contributed by atoms with E-state index < -0.39 is 0 Å². The van der Waals surface area contributed by atoms with Crippen molar-refractivity contribution in [2.24, 2.45) is 25.3 Å². The second-order valence-electron chi connectivity index (χ2n) is 7.26. The fourth-order valence-electron chi connectivity index (χ4n) is 3.08. The van der Waals surface area contributed by atoms with Crippen LogP contribution in [0.2, 0.25) is 5.02 Å². The van der Waals surface area contributed by atoms with E-state index in [4.69, 9.17) is 11.6 Å². The molecule has 2 N–H and O–H groups in total. The molecule has 0 unspecified atom stereocenters. The van der Waals surface area contributed by atoms with Crippen molar-refractivity contribution in [3.05, 3.63) is 65.5 Å². The van der Waals surface area contributed by atoms with Crippen molar-refractivity contribution in [1.82, 2.24) is 10.3 Å². The van der Waals surface area contributed by atoms with Crippen molar-refractivity contribution in [2.45, 2.75) is 26.7 Å². The van der Waals surface area contributed by atoms with Crippen molar-refractivity contribution in [2.75, 3.05) is 13.1 Å². The van der Waals surface area contributed by atoms with E-state index in [2.05, 4.69) is 42.2 Å². The minimum atomic E-state index is 0.0755. The van der Waals surface area contributed by atoms with Crippen LogP contribution in [0.4, 0.5) is 11.4 Å². The van der Waals surface area contributed by atoms with Crippen LogP contribution < -0.4 is 5.43 Å². The number of aromatic hydroxyl groups is 1. The number of hydrazone groups is 1. The van der Waals surface area contributed by atoms with Crippen LogP contribution in [-0.4, -0.2) is 41.0 Å². The summed E-state index contributed by atoms with van der Waals surface area (Å²) in [5.41, 5.74) is 4.52. The van der Waals surface area contributed by atoms with Crippen LogP contribution in [0.5, 0.6) is 5.75 Å². The van der Waals surface area contributed by atoms with Crippen LogP contribution in [0.15, 0.2) is 80.2 Å². The number of benzene rings is 2. The van der Waals surface area contributed by atoms with E-state index in [1.165, 1.54) is 25.1 Å². The fourth-order valence-corrected chi connectivity index (χ4v) is 3.27. The van der Waals surface area contributed by atoms with Gasteiger partial charge in [-0.15, -0.1) is 0 Å². The molecule has 9 heteroatoms. The standard InChI is InChI=1S/C23H26ClN7O/c1-16(27-18(3)31-11-4-5-12-31)26-17(2)28-25-15-19-13-22(9-10-23(19)32)30-29-21-8-6-7-20(24)14-21/h6-10,13-15,32H,3-5,11-12H2,1-2H3,(H,26,27,28)/b25-15+,30-29?. The Balaban J connectivity index is 1.62. The molecule has 8 nitrogen and oxygen atoms in total. The highest BCUT2D eigenvalue weighted by Gasteiger charge is 2.12. The monoisotopic (exact) mass is 451 g/mol. The highest BCUT2D eigenvalue weighted by molar-refractivity contribution is 6.30. The van der Waals surface area contributed by atoms with Gasteiger partial charge in [0.05, 0.1) is 17.6 Å². The van der Waals surface area contributed by atoms with E-state index in [1.807, 2.05) is 6.92 Å². The number of phenolic OH excluding ortho intramolecular Hbond substituents is 1. The first kappa shape index (κ1) is 23.1. The Morgan fingerprint density at radius 3 is 2.50 bits per heavy atom. The van der Waals surface area contributed by atoms with Crippen molar-refractivity contribution < 1.29 is 5.11 Å². The van der Waals surface area contributed by atoms with E-state index in [1.54, 1.807) is 43.3 Å². The third-order valence-electron chi connectivity index (χ3n) is 4.62. The van der Waals surface area contributed by atoms with Crippen molar-refractivity contribution in [3.63, 3.8) is 0 Å². The molecule has 1 aliphatic heterocycles. The Kier molecular flexibility index (Phi) is 8.10. The van der Waals surface area contributed by atoms with Crippen LogP contribution in [-0.2, 0) is 0 Å². The number of likely N-dealkylation sites (tertiary alicyclic amines) is 1. The Bertz CT molecular complexity index is 1090. The minimum absolute atomic E-state index is 0.0755. The van der Waals surface area contributed by atoms with E-state index in [0.717, 1.165) is 18.9 Å². The number of nitrogens with zero attached hydrogens (tertiary/aromatic N) is 6. The smallest absolute Gasteiger partial charge is 0.129 e. The molecule has 2 aromatic carbocycles. The van der Waals surface area contributed by atoms with Gasteiger partial charge in [0.2, 0.25) is 0 Å². The summed E-state index contributed by atoms with van der Waals surface area (Å²) in [6.45, 7) is 9.59. The fraction of sp³-hybridized carbons (Fsp3) is 0.261. The Hall–Kier alpha value is -3.52. The highest BCUT2D eigenvalue weighted by Crippen LogP contribution is 2.25. The molecular formula is C23H26ClN7O. The average Bonchev–Trinajstić information content (AvgIpc) is 3.29. The number of hydrogen-bond donors (Lipinski definition) is 2. The summed E-state index contributed by atoms with van der Waals surface area (Å²) in [6.07, 6.45) is 3.83. The molecule has 0 atom stereocenters. The minimum Gasteiger partial charge on any atom is -0.507 e. The number of aliphatic imine (C=N–C) groups is 2. The van der Waals surface area contributed by atoms with Gasteiger partial charge in [-0.05, 0) is 63.1 Å². The largest absolute Gasteiger partial charge is 0.507 e. The molecule has 0 aliphatic carbocycles. The summed E-state index contributed by atoms with van der Waals surface area (Å²) in [6, 6.07) is 12.0. The Morgan fingerprint density at radius 2 is 1.78 bits per heavy atom. The van der Waals surface area contributed by atoms with Gasteiger partial charge in [-0.2, -0.15) is 15.3 Å². The van der Waals surface area contributed by atoms with E-state index >= 15 is 0 Å². The van der Waals surface area contributed by atoms with E-state index in [0.29, 0.717) is 33.6 Å². The summed E-state index contributed by atoms with van der Waals surface area (Å²) in [4.78, 5) is 11.0. The SMILES string of the molecule is C=C(/N=C(/C)N=C(C)N/N=C/c1cc(N=Nc2cccc(Cl)c2)ccc1O)N1CCCC1. The molecule has 32 heavy (non-hydrogen) atoms. The number of phenols is 1. The number of halogens is 1. The predicted octanol–water partition coefficient (Wildman–Crippen LogP) is 5.79. The van der Waals surface area contributed by atoms with Crippen molar-refractivity contribution in [1.29, 1.82) is 0 Å². The Labute approximate surface area is 192 Å². The summed E-state index contributed by atoms with van der Waals surface area (Å²) in [7, 11) is 0. The number of amidine groups is 2. The van der Waals surface area contributed by atoms with Crippen LogP contribution in [0.3, 0.4) is 0 Å². The number of azo groups is 1. The second kappa shape index (κ2) is 11.2. The molecule has 0 saturated carbocycles. The van der Waals surface area contributed by atoms with E-state index in [-0.39, 0.29) is 5.75 Å². The summed E-state index contributed by atoms with van der Waals surface area (Å²) in [5, 5.41) is 23.2. The third kappa shape index (κ3) is 7.02. The molecule has 1 heterocycles. The highest BCUT2D eigenvalue weighted by atomic mass is 35.5. The lowest BCUT2D eigenvalue weighted by Crippen LogP contribution is -2.18. The molecule has 3 rings (SSSR count). The van der Waals surface area contributed by atoms with Gasteiger partial charge in [0.15, 0.2) is 0 Å². The van der Waals surface area contributed by atoms with Crippen LogP contribution in [0.1, 0.15) is 32.3 Å². The zero-order valence-corrected chi connectivity index (χ0v) is 18.9. The third-order valence-corrected chi connectivity index (χ3v) is 4.86. The molecule has 1 fully saturated rings. The first-order valence-electron chi connectivity index (χ1n) is 10.2. The first-order valence-corrected chi connectivity index (χ1v) is 10.6. The number of rotatable bonds is 6. The van der Waals surface area contributed by atoms with Crippen LogP contribution >= 0.6 is 11.6 Å². The van der Waals surface area contributed by atoms with Gasteiger partial charge in [-0.25, -0.2) is 9.98 Å². The maximum absolute atomic E-state index is 10.1. The lowest BCUT2D eigenvalue weighted by atomic mass is 10.2. The van der Waals surface area contributed by atoms with Gasteiger partial charge in [0.25, 0.3) is 0 Å². The van der Waals surface area contributed by atoms with E-state index in [9.17, 15) is 5.11 Å². The topological polar surface area (TPSA) is 97.3 Å². The summed E-state index contributed by atoms with van der Waals surface area (Å²) >= 11 is 5.96. The molecule has 1 saturated heterocycles. The van der Waals surface area contributed by atoms with Crippen LogP contribution in [0, 0.1) is 0 Å². The zero-order valence-electron chi connectivity index (χ0n) is 18.2. The zero-order chi connectivity index (χ0) is 22.9. The van der Waals surface area contributed by atoms with Gasteiger partial charge in [0.1, 0.15) is 23.2 Å². The molecular weight excluding hydrogens is 426 g/mol. The molecule has 1 aliphatic rings. The van der Waals surface area contributed by atoms with Gasteiger partial charge in [0, 0.05) is 23.7 Å². The van der Waals surface area contributed by atoms with Gasteiger partial charge < -0.3 is 10.0 Å². The maximum atomic E-state index is 10.1. The molecule has 166 valence electrons. The number of nitrogens with one attached hydrogen (secondary N) is 1. The van der Waals surface area contributed by atoms with Crippen LogP contribution in [0.25, 0.3) is 0 Å². The normalized spacial score (nSPS) is 15.2. The predicted molar refractivity (Wildman–Crippen MR) is 131 cm³/mol. The van der Waals surface area contributed by atoms with Crippen molar-refractivity contribution >= 4 is 40.9 Å². The Morgan fingerprint density at radius 1 is 1.06 bits per heavy atom. The van der Waals surface area contributed by atoms with Gasteiger partial charge in [-0.1, -0.05) is 24.2 Å². The van der Waals surface area contributed by atoms with Gasteiger partial charge in [-0.3, -0.25) is 5.43 Å². The average molecular weight is 452 g/mol. The quantitative estimate of drug-likeness (QED) is 0.252.